The molecule has 1 aromatic heterocycles. The van der Waals surface area contributed by atoms with Gasteiger partial charge in [0.1, 0.15) is 5.75 Å². The molecule has 8 nitrogen and oxygen atoms in total. The second kappa shape index (κ2) is 10.4. The van der Waals surface area contributed by atoms with Crippen molar-refractivity contribution in [1.82, 2.24) is 4.57 Å². The van der Waals surface area contributed by atoms with Crippen LogP contribution in [0.5, 0.6) is 17.2 Å². The topological polar surface area (TPSA) is 96.2 Å². The van der Waals surface area contributed by atoms with Gasteiger partial charge in [-0.2, -0.15) is 0 Å². The molecular weight excluding hydrogens is 378 g/mol. The summed E-state index contributed by atoms with van der Waals surface area (Å²) < 4.78 is 22.4. The van der Waals surface area contributed by atoms with Crippen molar-refractivity contribution in [3.8, 4) is 22.9 Å². The molecule has 1 N–H and O–H groups in total. The van der Waals surface area contributed by atoms with E-state index in [-0.39, 0.29) is 37.0 Å². The van der Waals surface area contributed by atoms with E-state index in [1.807, 2.05) is 6.92 Å². The lowest BCUT2D eigenvalue weighted by Gasteiger charge is -2.13. The molecule has 0 spiro atoms. The van der Waals surface area contributed by atoms with E-state index in [9.17, 15) is 14.7 Å². The predicted molar refractivity (Wildman–Crippen MR) is 106 cm³/mol. The fourth-order valence-electron chi connectivity index (χ4n) is 2.75. The van der Waals surface area contributed by atoms with E-state index in [2.05, 4.69) is 0 Å². The molecular formula is C21H27NO7. The number of carbonyl (C=O) groups is 2. The van der Waals surface area contributed by atoms with Gasteiger partial charge in [0.05, 0.1) is 26.9 Å². The monoisotopic (exact) mass is 405 g/mol. The average Bonchev–Trinajstić information content (AvgIpc) is 3.01. The smallest absolute Gasteiger partial charge is 0.359 e. The average molecular weight is 405 g/mol. The van der Waals surface area contributed by atoms with Gasteiger partial charge in [0.15, 0.2) is 22.9 Å². The third kappa shape index (κ3) is 4.82. The second-order valence-electron chi connectivity index (χ2n) is 6.05. The first kappa shape index (κ1) is 22.1. The van der Waals surface area contributed by atoms with Gasteiger partial charge in [-0.05, 0) is 44.5 Å². The van der Waals surface area contributed by atoms with E-state index in [4.69, 9.17) is 18.9 Å². The molecule has 1 heterocycles. The molecule has 158 valence electrons. The lowest BCUT2D eigenvalue weighted by atomic mass is 10.2. The number of ether oxygens (including phenoxy) is 4. The molecule has 0 saturated heterocycles. The summed E-state index contributed by atoms with van der Waals surface area (Å²) >= 11 is 0. The second-order valence-corrected chi connectivity index (χ2v) is 6.05. The Bertz CT molecular complexity index is 840. The van der Waals surface area contributed by atoms with Crippen LogP contribution in [-0.4, -0.2) is 48.5 Å². The molecule has 2 aromatic rings. The van der Waals surface area contributed by atoms with Gasteiger partial charge in [-0.3, -0.25) is 4.57 Å². The van der Waals surface area contributed by atoms with E-state index >= 15 is 0 Å². The van der Waals surface area contributed by atoms with Gasteiger partial charge in [-0.25, -0.2) is 9.59 Å². The van der Waals surface area contributed by atoms with Gasteiger partial charge in [-0.1, -0.05) is 13.3 Å². The SMILES string of the molecule is CCCCOc1c(O)c(C(=O)OCC)n(-c2ccc(OC)cc2)c1C(=O)OCC. The van der Waals surface area contributed by atoms with Crippen molar-refractivity contribution in [3.63, 3.8) is 0 Å². The molecule has 8 heteroatoms. The van der Waals surface area contributed by atoms with Crippen LogP contribution in [0.4, 0.5) is 0 Å². The number of unbranched alkanes of at least 4 members (excludes halogenated alkanes) is 1. The number of aromatic hydroxyl groups is 1. The fourth-order valence-corrected chi connectivity index (χ4v) is 2.75. The summed E-state index contributed by atoms with van der Waals surface area (Å²) in [6.45, 7) is 5.81. The molecule has 0 unspecified atom stereocenters. The van der Waals surface area contributed by atoms with E-state index in [1.54, 1.807) is 38.1 Å². The number of benzene rings is 1. The summed E-state index contributed by atoms with van der Waals surface area (Å²) in [5.74, 6) is -1.47. The van der Waals surface area contributed by atoms with Crippen molar-refractivity contribution < 1.29 is 33.6 Å². The summed E-state index contributed by atoms with van der Waals surface area (Å²) in [5.41, 5.74) is 0.165. The Morgan fingerprint density at radius 1 is 0.966 bits per heavy atom. The molecule has 0 aliphatic heterocycles. The maximum absolute atomic E-state index is 12.8. The molecule has 0 aliphatic carbocycles. The van der Waals surface area contributed by atoms with E-state index in [1.165, 1.54) is 11.7 Å². The van der Waals surface area contributed by atoms with Crippen molar-refractivity contribution in [2.45, 2.75) is 33.6 Å². The molecule has 0 atom stereocenters. The first-order valence-corrected chi connectivity index (χ1v) is 9.59. The molecule has 2 rings (SSSR count). The molecule has 0 saturated carbocycles. The first-order valence-electron chi connectivity index (χ1n) is 9.59. The Labute approximate surface area is 169 Å². The van der Waals surface area contributed by atoms with Crippen LogP contribution in [0.25, 0.3) is 5.69 Å². The highest BCUT2D eigenvalue weighted by Crippen LogP contribution is 2.40. The van der Waals surface area contributed by atoms with Crippen LogP contribution in [0.15, 0.2) is 24.3 Å². The van der Waals surface area contributed by atoms with Crippen molar-refractivity contribution >= 4 is 11.9 Å². The van der Waals surface area contributed by atoms with Crippen LogP contribution in [0, 0.1) is 0 Å². The zero-order chi connectivity index (χ0) is 21.4. The Hall–Kier alpha value is -3.16. The largest absolute Gasteiger partial charge is 0.503 e. The lowest BCUT2D eigenvalue weighted by Crippen LogP contribution is -2.17. The molecule has 0 bridgehead atoms. The van der Waals surface area contributed by atoms with Gasteiger partial charge >= 0.3 is 11.9 Å². The summed E-state index contributed by atoms with van der Waals surface area (Å²) in [4.78, 5) is 25.4. The van der Waals surface area contributed by atoms with Crippen molar-refractivity contribution in [2.24, 2.45) is 0 Å². The van der Waals surface area contributed by atoms with E-state index < -0.39 is 17.7 Å². The minimum Gasteiger partial charge on any atom is -0.503 e. The third-order valence-corrected chi connectivity index (χ3v) is 4.11. The maximum atomic E-state index is 12.8. The number of aromatic nitrogens is 1. The van der Waals surface area contributed by atoms with Gasteiger partial charge in [0.2, 0.25) is 0 Å². The predicted octanol–water partition coefficient (Wildman–Crippen LogP) is 3.72. The minimum atomic E-state index is -0.781. The normalized spacial score (nSPS) is 10.5. The molecule has 0 amide bonds. The number of methoxy groups -OCH3 is 1. The number of carbonyl (C=O) groups excluding carboxylic acids is 2. The van der Waals surface area contributed by atoms with E-state index in [0.717, 1.165) is 6.42 Å². The number of nitrogens with zero attached hydrogens (tertiary/aromatic N) is 1. The van der Waals surface area contributed by atoms with Crippen molar-refractivity contribution in [2.75, 3.05) is 26.9 Å². The molecule has 0 fully saturated rings. The summed E-state index contributed by atoms with van der Waals surface area (Å²) in [7, 11) is 1.53. The number of hydrogen-bond donors (Lipinski definition) is 1. The number of rotatable bonds is 10. The van der Waals surface area contributed by atoms with Crippen LogP contribution in [-0.2, 0) is 9.47 Å². The van der Waals surface area contributed by atoms with Crippen molar-refractivity contribution in [1.29, 1.82) is 0 Å². The minimum absolute atomic E-state index is 0.0753. The number of esters is 2. The Kier molecular flexibility index (Phi) is 7.94. The molecule has 0 radical (unpaired) electrons. The van der Waals surface area contributed by atoms with Crippen LogP contribution in [0.3, 0.4) is 0 Å². The van der Waals surface area contributed by atoms with Crippen LogP contribution in [0.2, 0.25) is 0 Å². The summed E-state index contributed by atoms with van der Waals surface area (Å²) in [5, 5.41) is 10.8. The maximum Gasteiger partial charge on any atom is 0.359 e. The van der Waals surface area contributed by atoms with Crippen LogP contribution in [0.1, 0.15) is 54.6 Å². The Morgan fingerprint density at radius 2 is 1.55 bits per heavy atom. The first-order chi connectivity index (χ1) is 14.0. The van der Waals surface area contributed by atoms with Gasteiger partial charge in [0.25, 0.3) is 0 Å². The highest BCUT2D eigenvalue weighted by molar-refractivity contribution is 6.00. The highest BCUT2D eigenvalue weighted by atomic mass is 16.5. The van der Waals surface area contributed by atoms with Gasteiger partial charge < -0.3 is 24.1 Å². The highest BCUT2D eigenvalue weighted by Gasteiger charge is 2.34. The fraction of sp³-hybridized carbons (Fsp3) is 0.429. The van der Waals surface area contributed by atoms with Crippen molar-refractivity contribution in [3.05, 3.63) is 35.7 Å². The Balaban J connectivity index is 2.74. The molecule has 29 heavy (non-hydrogen) atoms. The van der Waals surface area contributed by atoms with Crippen LogP contribution >= 0.6 is 0 Å². The quantitative estimate of drug-likeness (QED) is 0.475. The molecule has 0 aliphatic rings. The molecule has 1 aromatic carbocycles. The zero-order valence-electron chi connectivity index (χ0n) is 17.2. The number of hydrogen-bond acceptors (Lipinski definition) is 7. The van der Waals surface area contributed by atoms with Gasteiger partial charge in [-0.15, -0.1) is 0 Å². The van der Waals surface area contributed by atoms with Crippen LogP contribution < -0.4 is 9.47 Å². The Morgan fingerprint density at radius 3 is 2.07 bits per heavy atom. The summed E-state index contributed by atoms with van der Waals surface area (Å²) in [6.07, 6.45) is 1.57. The standard InChI is InChI=1S/C21H27NO7/c1-5-8-13-29-19-17(21(25)28-7-3)22(14-9-11-15(26-4)12-10-14)16(18(19)23)20(24)27-6-2/h9-12,23H,5-8,13H2,1-4H3. The lowest BCUT2D eigenvalue weighted by molar-refractivity contribution is 0.0507. The zero-order valence-corrected chi connectivity index (χ0v) is 17.2. The third-order valence-electron chi connectivity index (χ3n) is 4.11. The summed E-state index contributed by atoms with van der Waals surface area (Å²) in [6, 6.07) is 6.65. The van der Waals surface area contributed by atoms with Gasteiger partial charge in [0, 0.05) is 5.69 Å². The van der Waals surface area contributed by atoms with E-state index in [0.29, 0.717) is 17.9 Å².